The maximum absolute atomic E-state index is 10.5. The Balaban J connectivity index is 2.99. The Labute approximate surface area is 66.0 Å². The van der Waals surface area contributed by atoms with Crippen molar-refractivity contribution in [3.05, 3.63) is 16.1 Å². The number of thiazole rings is 1. The second kappa shape index (κ2) is 2.67. The molecule has 5 nitrogen and oxygen atoms in total. The Hall–Kier alpha value is -1.43. The Bertz CT molecular complexity index is 278. The van der Waals surface area contributed by atoms with Gasteiger partial charge >= 0.3 is 0 Å². The lowest BCUT2D eigenvalue weighted by molar-refractivity contribution is 0.0993. The zero-order chi connectivity index (χ0) is 8.43. The van der Waals surface area contributed by atoms with Crippen molar-refractivity contribution in [3.8, 4) is 0 Å². The lowest BCUT2D eigenvalue weighted by Crippen LogP contribution is -2.10. The van der Waals surface area contributed by atoms with Crippen LogP contribution in [-0.4, -0.2) is 16.8 Å². The number of aromatic nitrogens is 1. The fourth-order valence-electron chi connectivity index (χ4n) is 0.502. The molecule has 2 amide bonds. The van der Waals surface area contributed by atoms with Crippen molar-refractivity contribution < 1.29 is 9.59 Å². The van der Waals surface area contributed by atoms with Crippen LogP contribution in [0.1, 0.15) is 19.5 Å². The number of hydrogen-bond acceptors (Lipinski definition) is 4. The van der Waals surface area contributed by atoms with Crippen LogP contribution in [0.2, 0.25) is 0 Å². The van der Waals surface area contributed by atoms with Gasteiger partial charge in [0.05, 0.1) is 6.20 Å². The first kappa shape index (κ1) is 7.67. The Kier molecular flexibility index (Phi) is 1.86. The van der Waals surface area contributed by atoms with Crippen molar-refractivity contribution in [1.82, 2.24) is 4.98 Å². The number of carbonyl (C=O) groups excluding carboxylic acids is 2. The second-order valence-electron chi connectivity index (χ2n) is 1.76. The lowest BCUT2D eigenvalue weighted by Gasteiger charge is -1.82. The van der Waals surface area contributed by atoms with Crippen LogP contribution in [-0.2, 0) is 0 Å². The molecule has 0 radical (unpaired) electrons. The molecule has 6 heteroatoms. The topological polar surface area (TPSA) is 99.1 Å². The maximum Gasteiger partial charge on any atom is 0.277 e. The van der Waals surface area contributed by atoms with Gasteiger partial charge in [-0.2, -0.15) is 0 Å². The standard InChI is InChI=1S/C5H5N3O2S/c6-3(9)2-1-8-5(11-2)4(7)10/h1H,(H2,6,9)(H2,7,10). The van der Waals surface area contributed by atoms with Crippen LogP contribution < -0.4 is 11.5 Å². The van der Waals surface area contributed by atoms with E-state index >= 15 is 0 Å². The smallest absolute Gasteiger partial charge is 0.277 e. The summed E-state index contributed by atoms with van der Waals surface area (Å²) in [6.07, 6.45) is 1.23. The third-order valence-corrected chi connectivity index (χ3v) is 1.99. The normalized spacial score (nSPS) is 9.45. The van der Waals surface area contributed by atoms with Crippen LogP contribution in [0.5, 0.6) is 0 Å². The van der Waals surface area contributed by atoms with E-state index < -0.39 is 11.8 Å². The van der Waals surface area contributed by atoms with Gasteiger partial charge in [-0.1, -0.05) is 0 Å². The zero-order valence-corrected chi connectivity index (χ0v) is 6.22. The fraction of sp³-hybridized carbons (Fsp3) is 0. The van der Waals surface area contributed by atoms with Crippen LogP contribution in [0.15, 0.2) is 6.20 Å². The van der Waals surface area contributed by atoms with E-state index in [-0.39, 0.29) is 9.88 Å². The largest absolute Gasteiger partial charge is 0.365 e. The highest BCUT2D eigenvalue weighted by molar-refractivity contribution is 7.15. The maximum atomic E-state index is 10.5. The van der Waals surface area contributed by atoms with E-state index in [9.17, 15) is 9.59 Å². The van der Waals surface area contributed by atoms with Gasteiger partial charge in [0.1, 0.15) is 4.88 Å². The molecule has 0 saturated heterocycles. The number of rotatable bonds is 2. The number of nitrogens with two attached hydrogens (primary N) is 2. The van der Waals surface area contributed by atoms with E-state index in [1.54, 1.807) is 0 Å². The summed E-state index contributed by atoms with van der Waals surface area (Å²) in [6.45, 7) is 0. The molecular weight excluding hydrogens is 166 g/mol. The van der Waals surface area contributed by atoms with Crippen molar-refractivity contribution in [2.24, 2.45) is 11.5 Å². The molecule has 0 spiro atoms. The fourth-order valence-corrected chi connectivity index (χ4v) is 1.12. The number of hydrogen-bond donors (Lipinski definition) is 2. The molecule has 0 aromatic carbocycles. The van der Waals surface area contributed by atoms with Crippen molar-refractivity contribution in [2.45, 2.75) is 0 Å². The van der Waals surface area contributed by atoms with Gasteiger partial charge in [-0.3, -0.25) is 9.59 Å². The summed E-state index contributed by atoms with van der Waals surface area (Å²) in [5.74, 6) is -1.25. The molecule has 0 unspecified atom stereocenters. The SMILES string of the molecule is NC(=O)c1cnc(C(N)=O)s1. The van der Waals surface area contributed by atoms with Crippen molar-refractivity contribution >= 4 is 23.2 Å². The minimum atomic E-state index is -0.650. The third-order valence-electron chi connectivity index (χ3n) is 0.959. The summed E-state index contributed by atoms with van der Waals surface area (Å²) in [5.41, 5.74) is 9.79. The summed E-state index contributed by atoms with van der Waals surface area (Å²) < 4.78 is 0. The summed E-state index contributed by atoms with van der Waals surface area (Å²) in [4.78, 5) is 24.7. The van der Waals surface area contributed by atoms with Gasteiger partial charge in [0.25, 0.3) is 11.8 Å². The Morgan fingerprint density at radius 2 is 2.00 bits per heavy atom. The van der Waals surface area contributed by atoms with E-state index in [2.05, 4.69) is 4.98 Å². The number of nitrogens with zero attached hydrogens (tertiary/aromatic N) is 1. The molecule has 0 fully saturated rings. The van der Waals surface area contributed by atoms with Crippen molar-refractivity contribution in [2.75, 3.05) is 0 Å². The van der Waals surface area contributed by atoms with Gasteiger partial charge in [0, 0.05) is 0 Å². The van der Waals surface area contributed by atoms with Gasteiger partial charge < -0.3 is 11.5 Å². The summed E-state index contributed by atoms with van der Waals surface area (Å²) in [6, 6.07) is 0. The second-order valence-corrected chi connectivity index (χ2v) is 2.79. The molecule has 1 aromatic heterocycles. The molecule has 0 atom stereocenters. The number of amides is 2. The molecular formula is C5H5N3O2S. The first-order valence-electron chi connectivity index (χ1n) is 2.66. The molecule has 1 heterocycles. The van der Waals surface area contributed by atoms with E-state index in [0.717, 1.165) is 11.3 Å². The molecule has 4 N–H and O–H groups in total. The molecule has 58 valence electrons. The molecule has 1 rings (SSSR count). The molecule has 0 aliphatic carbocycles. The molecule has 11 heavy (non-hydrogen) atoms. The predicted molar refractivity (Wildman–Crippen MR) is 39.1 cm³/mol. The average Bonchev–Trinajstić information content (AvgIpc) is 2.33. The van der Waals surface area contributed by atoms with E-state index in [4.69, 9.17) is 11.5 Å². The van der Waals surface area contributed by atoms with Gasteiger partial charge in [0.15, 0.2) is 5.01 Å². The number of primary amides is 2. The van der Waals surface area contributed by atoms with Crippen LogP contribution in [0, 0.1) is 0 Å². The van der Waals surface area contributed by atoms with Crippen LogP contribution >= 0.6 is 11.3 Å². The summed E-state index contributed by atoms with van der Waals surface area (Å²) >= 11 is 0.889. The summed E-state index contributed by atoms with van der Waals surface area (Å²) in [7, 11) is 0. The first-order valence-corrected chi connectivity index (χ1v) is 3.48. The monoisotopic (exact) mass is 171 g/mol. The summed E-state index contributed by atoms with van der Waals surface area (Å²) in [5, 5.41) is 0.0961. The minimum Gasteiger partial charge on any atom is -0.365 e. The van der Waals surface area contributed by atoms with Crippen LogP contribution in [0.4, 0.5) is 0 Å². The van der Waals surface area contributed by atoms with Crippen LogP contribution in [0.25, 0.3) is 0 Å². The first-order chi connectivity index (χ1) is 5.11. The van der Waals surface area contributed by atoms with E-state index in [0.29, 0.717) is 0 Å². The quantitative estimate of drug-likeness (QED) is 0.617. The van der Waals surface area contributed by atoms with Gasteiger partial charge in [-0.25, -0.2) is 4.98 Å². The van der Waals surface area contributed by atoms with Crippen molar-refractivity contribution in [1.29, 1.82) is 0 Å². The predicted octanol–water partition coefficient (Wildman–Crippen LogP) is -0.659. The minimum absolute atomic E-state index is 0.0961. The van der Waals surface area contributed by atoms with Crippen LogP contribution in [0.3, 0.4) is 0 Å². The van der Waals surface area contributed by atoms with Gasteiger partial charge in [0.2, 0.25) is 0 Å². The number of carbonyl (C=O) groups is 2. The molecule has 1 aromatic rings. The zero-order valence-electron chi connectivity index (χ0n) is 5.40. The Morgan fingerprint density at radius 1 is 1.36 bits per heavy atom. The van der Waals surface area contributed by atoms with E-state index in [1.807, 2.05) is 0 Å². The highest BCUT2D eigenvalue weighted by Gasteiger charge is 2.09. The average molecular weight is 171 g/mol. The van der Waals surface area contributed by atoms with E-state index in [1.165, 1.54) is 6.20 Å². The molecule has 0 aliphatic heterocycles. The molecule has 0 aliphatic rings. The highest BCUT2D eigenvalue weighted by Crippen LogP contribution is 2.10. The van der Waals surface area contributed by atoms with Gasteiger partial charge in [-0.05, 0) is 0 Å². The lowest BCUT2D eigenvalue weighted by atomic mass is 10.5. The highest BCUT2D eigenvalue weighted by atomic mass is 32.1. The van der Waals surface area contributed by atoms with Crippen molar-refractivity contribution in [3.63, 3.8) is 0 Å². The molecule has 0 saturated carbocycles. The van der Waals surface area contributed by atoms with Gasteiger partial charge in [-0.15, -0.1) is 11.3 Å². The Morgan fingerprint density at radius 3 is 2.27 bits per heavy atom. The molecule has 0 bridgehead atoms. The third kappa shape index (κ3) is 1.53.